The van der Waals surface area contributed by atoms with E-state index in [1.807, 2.05) is 31.2 Å². The lowest BCUT2D eigenvalue weighted by atomic mass is 10.1. The molecule has 0 aromatic heterocycles. The van der Waals surface area contributed by atoms with Crippen molar-refractivity contribution in [3.63, 3.8) is 0 Å². The lowest BCUT2D eigenvalue weighted by Gasteiger charge is -2.15. The lowest BCUT2D eigenvalue weighted by Crippen LogP contribution is -2.27. The summed E-state index contributed by atoms with van der Waals surface area (Å²) in [6.45, 7) is 1.84. The van der Waals surface area contributed by atoms with Crippen LogP contribution in [0, 0.1) is 5.82 Å². The zero-order valence-electron chi connectivity index (χ0n) is 10.9. The van der Waals surface area contributed by atoms with Gasteiger partial charge in [-0.1, -0.05) is 28.1 Å². The van der Waals surface area contributed by atoms with Gasteiger partial charge in [-0.3, -0.25) is 4.79 Å². The second-order valence-corrected chi connectivity index (χ2v) is 5.40. The van der Waals surface area contributed by atoms with Gasteiger partial charge in [-0.25, -0.2) is 4.39 Å². The van der Waals surface area contributed by atoms with E-state index in [0.29, 0.717) is 5.69 Å². The summed E-state index contributed by atoms with van der Waals surface area (Å²) in [6, 6.07) is 11.4. The van der Waals surface area contributed by atoms with Crippen molar-refractivity contribution < 1.29 is 9.18 Å². The van der Waals surface area contributed by atoms with E-state index in [9.17, 15) is 9.18 Å². The Hall–Kier alpha value is -1.88. The van der Waals surface area contributed by atoms with Gasteiger partial charge in [-0.15, -0.1) is 0 Å². The van der Waals surface area contributed by atoms with E-state index >= 15 is 0 Å². The van der Waals surface area contributed by atoms with Crippen molar-refractivity contribution in [2.45, 2.75) is 13.0 Å². The van der Waals surface area contributed by atoms with Crippen molar-refractivity contribution in [2.75, 3.05) is 5.73 Å². The zero-order valence-corrected chi connectivity index (χ0v) is 12.4. The predicted octanol–water partition coefficient (Wildman–Crippen LogP) is 3.66. The number of carbonyl (C=O) groups is 1. The van der Waals surface area contributed by atoms with Gasteiger partial charge in [0.1, 0.15) is 5.82 Å². The van der Waals surface area contributed by atoms with E-state index in [1.54, 1.807) is 0 Å². The second-order valence-electron chi connectivity index (χ2n) is 4.49. The molecule has 0 aliphatic heterocycles. The Morgan fingerprint density at radius 3 is 2.50 bits per heavy atom. The van der Waals surface area contributed by atoms with Crippen LogP contribution in [-0.2, 0) is 0 Å². The third-order valence-corrected chi connectivity index (χ3v) is 3.48. The van der Waals surface area contributed by atoms with E-state index in [2.05, 4.69) is 21.2 Å². The summed E-state index contributed by atoms with van der Waals surface area (Å²) in [5.41, 5.74) is 6.68. The molecule has 20 heavy (non-hydrogen) atoms. The van der Waals surface area contributed by atoms with Crippen LogP contribution in [0.4, 0.5) is 10.1 Å². The molecule has 0 aliphatic carbocycles. The number of benzene rings is 2. The average molecular weight is 337 g/mol. The largest absolute Gasteiger partial charge is 0.399 e. The van der Waals surface area contributed by atoms with Crippen LogP contribution >= 0.6 is 15.9 Å². The fourth-order valence-corrected chi connectivity index (χ4v) is 2.09. The molecule has 2 aromatic carbocycles. The maximum Gasteiger partial charge on any atom is 0.254 e. The van der Waals surface area contributed by atoms with Gasteiger partial charge in [0, 0.05) is 10.2 Å². The van der Waals surface area contributed by atoms with Crippen molar-refractivity contribution in [1.82, 2.24) is 5.32 Å². The van der Waals surface area contributed by atoms with Gasteiger partial charge in [-0.05, 0) is 42.8 Å². The molecule has 2 aromatic rings. The van der Waals surface area contributed by atoms with Crippen LogP contribution < -0.4 is 11.1 Å². The molecule has 1 amide bonds. The summed E-state index contributed by atoms with van der Waals surface area (Å²) < 4.78 is 14.6. The number of halogens is 2. The normalized spacial score (nSPS) is 11.9. The minimum Gasteiger partial charge on any atom is -0.399 e. The summed E-state index contributed by atoms with van der Waals surface area (Å²) in [6.07, 6.45) is 0. The lowest BCUT2D eigenvalue weighted by molar-refractivity contribution is 0.0936. The number of hydrogen-bond acceptors (Lipinski definition) is 2. The van der Waals surface area contributed by atoms with Gasteiger partial charge in [-0.2, -0.15) is 0 Å². The molecule has 5 heteroatoms. The smallest absolute Gasteiger partial charge is 0.254 e. The minimum atomic E-state index is -0.620. The first-order valence-electron chi connectivity index (χ1n) is 6.08. The molecule has 0 spiro atoms. The molecule has 1 unspecified atom stereocenters. The van der Waals surface area contributed by atoms with Crippen molar-refractivity contribution in [2.24, 2.45) is 0 Å². The predicted molar refractivity (Wildman–Crippen MR) is 80.8 cm³/mol. The highest BCUT2D eigenvalue weighted by molar-refractivity contribution is 9.10. The molecule has 104 valence electrons. The van der Waals surface area contributed by atoms with Gasteiger partial charge in [0.25, 0.3) is 5.91 Å². The Balaban J connectivity index is 2.13. The second kappa shape index (κ2) is 6.05. The molecule has 2 rings (SSSR count). The van der Waals surface area contributed by atoms with E-state index in [4.69, 9.17) is 5.73 Å². The van der Waals surface area contributed by atoms with Crippen molar-refractivity contribution >= 4 is 27.5 Å². The van der Waals surface area contributed by atoms with Crippen LogP contribution in [-0.4, -0.2) is 5.91 Å². The Morgan fingerprint density at radius 2 is 1.90 bits per heavy atom. The first-order chi connectivity index (χ1) is 9.47. The molecule has 0 radical (unpaired) electrons. The van der Waals surface area contributed by atoms with E-state index in [1.165, 1.54) is 12.1 Å². The monoisotopic (exact) mass is 336 g/mol. The van der Waals surface area contributed by atoms with Crippen molar-refractivity contribution in [1.29, 1.82) is 0 Å². The zero-order chi connectivity index (χ0) is 14.7. The molecular weight excluding hydrogens is 323 g/mol. The number of hydrogen-bond donors (Lipinski definition) is 2. The third-order valence-electron chi connectivity index (χ3n) is 2.96. The molecule has 3 nitrogen and oxygen atoms in total. The number of nitrogens with two attached hydrogens (primary N) is 1. The number of nitrogen functional groups attached to an aromatic ring is 1. The van der Waals surface area contributed by atoms with Crippen LogP contribution in [0.25, 0.3) is 0 Å². The SMILES string of the molecule is CC(NC(=O)c1ccc(N)cc1F)c1ccc(Br)cc1. The fourth-order valence-electron chi connectivity index (χ4n) is 1.82. The first-order valence-corrected chi connectivity index (χ1v) is 6.88. The molecule has 3 N–H and O–H groups in total. The van der Waals surface area contributed by atoms with Crippen LogP contribution in [0.1, 0.15) is 28.9 Å². The third kappa shape index (κ3) is 3.36. The maximum atomic E-state index is 13.7. The van der Waals surface area contributed by atoms with Gasteiger partial charge in [0.15, 0.2) is 0 Å². The highest BCUT2D eigenvalue weighted by Gasteiger charge is 2.15. The highest BCUT2D eigenvalue weighted by atomic mass is 79.9. The van der Waals surface area contributed by atoms with Crippen molar-refractivity contribution in [3.8, 4) is 0 Å². The summed E-state index contributed by atoms with van der Waals surface area (Å²) in [5, 5.41) is 2.76. The summed E-state index contributed by atoms with van der Waals surface area (Å²) in [5.74, 6) is -1.08. The van der Waals surface area contributed by atoms with Crippen molar-refractivity contribution in [3.05, 3.63) is 63.9 Å². The number of anilines is 1. The van der Waals surface area contributed by atoms with Crippen LogP contribution in [0.3, 0.4) is 0 Å². The molecule has 0 bridgehead atoms. The van der Waals surface area contributed by atoms with Gasteiger partial charge >= 0.3 is 0 Å². The van der Waals surface area contributed by atoms with E-state index in [0.717, 1.165) is 16.1 Å². The van der Waals surface area contributed by atoms with Gasteiger partial charge in [0.05, 0.1) is 11.6 Å². The summed E-state index contributed by atoms with van der Waals surface area (Å²) in [7, 11) is 0. The number of rotatable bonds is 3. The molecule has 0 aliphatic rings. The quantitative estimate of drug-likeness (QED) is 0.840. The van der Waals surface area contributed by atoms with Crippen LogP contribution in [0.5, 0.6) is 0 Å². The maximum absolute atomic E-state index is 13.7. The summed E-state index contributed by atoms with van der Waals surface area (Å²) >= 11 is 3.35. The number of nitrogens with one attached hydrogen (secondary N) is 1. The number of amides is 1. The molecule has 0 heterocycles. The minimum absolute atomic E-state index is 0.0110. The topological polar surface area (TPSA) is 55.1 Å². The average Bonchev–Trinajstić information content (AvgIpc) is 2.39. The van der Waals surface area contributed by atoms with Crippen LogP contribution in [0.2, 0.25) is 0 Å². The van der Waals surface area contributed by atoms with Crippen LogP contribution in [0.15, 0.2) is 46.9 Å². The molecule has 0 saturated heterocycles. The first kappa shape index (κ1) is 14.5. The van der Waals surface area contributed by atoms with E-state index < -0.39 is 11.7 Å². The molecular formula is C15H14BrFN2O. The Bertz CT molecular complexity index is 628. The Kier molecular flexibility index (Phi) is 4.39. The molecule has 0 saturated carbocycles. The Labute approximate surface area is 125 Å². The van der Waals surface area contributed by atoms with Gasteiger partial charge < -0.3 is 11.1 Å². The molecule has 0 fully saturated rings. The van der Waals surface area contributed by atoms with E-state index in [-0.39, 0.29) is 11.6 Å². The highest BCUT2D eigenvalue weighted by Crippen LogP contribution is 2.18. The fraction of sp³-hybridized carbons (Fsp3) is 0.133. The summed E-state index contributed by atoms with van der Waals surface area (Å²) in [4.78, 5) is 12.0. The number of carbonyl (C=O) groups excluding carboxylic acids is 1. The van der Waals surface area contributed by atoms with Gasteiger partial charge in [0.2, 0.25) is 0 Å². The Morgan fingerprint density at radius 1 is 1.25 bits per heavy atom. The molecule has 1 atom stereocenters. The standard InChI is InChI=1S/C15H14BrFN2O/c1-9(10-2-4-11(16)5-3-10)19-15(20)13-7-6-12(18)8-14(13)17/h2-9H,18H2,1H3,(H,19,20).